The maximum absolute atomic E-state index is 13.2. The lowest BCUT2D eigenvalue weighted by atomic mass is 10.1. The molecule has 0 spiro atoms. The van der Waals surface area contributed by atoms with E-state index in [0.717, 1.165) is 0 Å². The molecule has 242 valence electrons. The van der Waals surface area contributed by atoms with Gasteiger partial charge in [0.25, 0.3) is 0 Å². The normalized spacial score (nSPS) is 15.8. The van der Waals surface area contributed by atoms with Gasteiger partial charge in [0, 0.05) is 19.3 Å². The molecule has 3 nitrogen and oxygen atoms in total. The van der Waals surface area contributed by atoms with Gasteiger partial charge in [-0.25, -0.2) is 0 Å². The average molecular weight is 670 g/mol. The Kier molecular flexibility index (Phi) is 11.9. The summed E-state index contributed by atoms with van der Waals surface area (Å²) in [4.78, 5) is 0. The van der Waals surface area contributed by atoms with E-state index in [1.807, 2.05) is 0 Å². The Morgan fingerprint density at radius 1 is 0.325 bits per heavy atom. The molecule has 0 aromatic rings. The van der Waals surface area contributed by atoms with Crippen molar-refractivity contribution in [2.75, 3.05) is 19.8 Å². The van der Waals surface area contributed by atoms with Crippen molar-refractivity contribution in [3.63, 3.8) is 0 Å². The third-order valence-electron chi connectivity index (χ3n) is 4.28. The van der Waals surface area contributed by atoms with E-state index in [1.54, 1.807) is 0 Å². The largest absolute Gasteiger partial charge is 0.459 e. The second-order valence-corrected chi connectivity index (χ2v) is 8.52. The molecular formula is C15H12F21O3P. The summed E-state index contributed by atoms with van der Waals surface area (Å²) in [5, 5.41) is 0. The van der Waals surface area contributed by atoms with Crippen molar-refractivity contribution in [1.82, 2.24) is 0 Å². The molecule has 0 unspecified atom stereocenters. The van der Waals surface area contributed by atoms with Crippen LogP contribution in [0.2, 0.25) is 0 Å². The molecule has 0 fully saturated rings. The molecule has 0 aromatic heterocycles. The number of halogens is 21. The molecule has 0 heterocycles. The molecule has 0 aliphatic rings. The van der Waals surface area contributed by atoms with Gasteiger partial charge in [0.15, 0.2) is 0 Å². The first-order valence-electron chi connectivity index (χ1n) is 9.44. The van der Waals surface area contributed by atoms with Crippen LogP contribution in [0.1, 0.15) is 19.3 Å². The summed E-state index contributed by atoms with van der Waals surface area (Å²) in [6, 6.07) is 0. The fourth-order valence-electron chi connectivity index (χ4n) is 1.95. The van der Waals surface area contributed by atoms with Crippen molar-refractivity contribution < 1.29 is 106 Å². The Morgan fingerprint density at radius 3 is 0.650 bits per heavy atom. The molecule has 0 bridgehead atoms. The van der Waals surface area contributed by atoms with Crippen LogP contribution in [0.5, 0.6) is 0 Å². The molecule has 25 heteroatoms. The van der Waals surface area contributed by atoms with Crippen molar-refractivity contribution in [3.8, 4) is 0 Å². The number of hydrogen-bond acceptors (Lipinski definition) is 3. The minimum atomic E-state index is -6.88. The van der Waals surface area contributed by atoms with Gasteiger partial charge in [0.2, 0.25) is 0 Å². The van der Waals surface area contributed by atoms with E-state index in [4.69, 9.17) is 0 Å². The van der Waals surface area contributed by atoms with Crippen molar-refractivity contribution in [1.29, 1.82) is 0 Å². The fraction of sp³-hybridized carbons (Fsp3) is 1.00. The maximum atomic E-state index is 13.2. The van der Waals surface area contributed by atoms with E-state index < -0.39 is 102 Å². The summed E-state index contributed by atoms with van der Waals surface area (Å²) < 4.78 is 277. The lowest BCUT2D eigenvalue weighted by Gasteiger charge is -2.29. The molecule has 40 heavy (non-hydrogen) atoms. The summed E-state index contributed by atoms with van der Waals surface area (Å²) in [6.07, 6.45) is -28.6. The van der Waals surface area contributed by atoms with Crippen LogP contribution < -0.4 is 0 Å². The third-order valence-corrected chi connectivity index (χ3v) is 5.46. The van der Waals surface area contributed by atoms with E-state index in [-0.39, 0.29) is 0 Å². The quantitative estimate of drug-likeness (QED) is 0.129. The van der Waals surface area contributed by atoms with Crippen molar-refractivity contribution in [2.45, 2.75) is 73.3 Å². The molecule has 0 saturated carbocycles. The highest BCUT2D eigenvalue weighted by molar-refractivity contribution is 7.41. The van der Waals surface area contributed by atoms with Gasteiger partial charge in [-0.2, -0.15) is 92.2 Å². The molecular weight excluding hydrogens is 658 g/mol. The first-order valence-corrected chi connectivity index (χ1v) is 10.5. The smallest absolute Gasteiger partial charge is 0.312 e. The van der Waals surface area contributed by atoms with Crippen LogP contribution in [0.25, 0.3) is 0 Å². The van der Waals surface area contributed by atoms with E-state index in [9.17, 15) is 92.2 Å². The molecule has 0 aromatic carbocycles. The monoisotopic (exact) mass is 670 g/mol. The molecule has 0 radical (unpaired) electrons. The van der Waals surface area contributed by atoms with Gasteiger partial charge < -0.3 is 13.6 Å². The fourth-order valence-corrected chi connectivity index (χ4v) is 2.89. The minimum absolute atomic E-state index is 2.12. The molecule has 0 amide bonds. The Balaban J connectivity index is 5.58. The highest BCUT2D eigenvalue weighted by Gasteiger charge is 2.74. The van der Waals surface area contributed by atoms with Crippen molar-refractivity contribution in [2.24, 2.45) is 0 Å². The van der Waals surface area contributed by atoms with Crippen LogP contribution in [-0.2, 0) is 13.6 Å². The second-order valence-electron chi connectivity index (χ2n) is 7.30. The van der Waals surface area contributed by atoms with E-state index in [0.29, 0.717) is 0 Å². The Hall–Kier alpha value is -1.16. The van der Waals surface area contributed by atoms with E-state index >= 15 is 0 Å². The van der Waals surface area contributed by atoms with Crippen LogP contribution in [0.4, 0.5) is 92.2 Å². The van der Waals surface area contributed by atoms with Crippen LogP contribution in [0.3, 0.4) is 0 Å². The summed E-state index contributed by atoms with van der Waals surface area (Å²) in [5.41, 5.74) is 0. The highest BCUT2D eigenvalue weighted by atomic mass is 31.2. The van der Waals surface area contributed by atoms with Crippen LogP contribution in [0, 0.1) is 0 Å². The molecule has 0 N–H and O–H groups in total. The maximum Gasteiger partial charge on any atom is 0.459 e. The first kappa shape index (κ1) is 38.8. The predicted molar refractivity (Wildman–Crippen MR) is 86.5 cm³/mol. The van der Waals surface area contributed by atoms with Crippen LogP contribution >= 0.6 is 8.60 Å². The third kappa shape index (κ3) is 8.68. The summed E-state index contributed by atoms with van der Waals surface area (Å²) in [5.74, 6) is -38.4. The van der Waals surface area contributed by atoms with Crippen molar-refractivity contribution in [3.05, 3.63) is 0 Å². The zero-order valence-electron chi connectivity index (χ0n) is 18.4. The predicted octanol–water partition coefficient (Wildman–Crippen LogP) is 8.93. The Labute approximate surface area is 208 Å². The zero-order valence-corrected chi connectivity index (χ0v) is 19.2. The Bertz CT molecular complexity index is 698. The molecule has 0 atom stereocenters. The van der Waals surface area contributed by atoms with Crippen molar-refractivity contribution >= 4 is 8.60 Å². The molecule has 0 saturated heterocycles. The standard InChI is InChI=1S/C15H12F21O3P/c16-7(17,10(22,23)13(28,29)30)1-4-37-40(38-5-2-8(18,19)11(24,25)14(31,32)33)39-6-3-9(20,21)12(26,27)15(34,35)36/h1-6H2. The zero-order chi connectivity index (χ0) is 32.4. The second kappa shape index (κ2) is 12.2. The van der Waals surface area contributed by atoms with Gasteiger partial charge in [-0.1, -0.05) is 0 Å². The number of hydrogen-bond donors (Lipinski definition) is 0. The number of rotatable bonds is 15. The number of alkyl halides is 21. The lowest BCUT2D eigenvalue weighted by molar-refractivity contribution is -0.356. The van der Waals surface area contributed by atoms with Gasteiger partial charge in [-0.05, 0) is 0 Å². The van der Waals surface area contributed by atoms with Gasteiger partial charge in [0.05, 0.1) is 19.8 Å². The molecule has 0 rings (SSSR count). The van der Waals surface area contributed by atoms with Gasteiger partial charge in [0.1, 0.15) is 0 Å². The first-order chi connectivity index (χ1) is 17.3. The topological polar surface area (TPSA) is 27.7 Å². The van der Waals surface area contributed by atoms with Gasteiger partial charge >= 0.3 is 62.7 Å². The minimum Gasteiger partial charge on any atom is -0.312 e. The highest BCUT2D eigenvalue weighted by Crippen LogP contribution is 2.52. The van der Waals surface area contributed by atoms with E-state index in [2.05, 4.69) is 13.6 Å². The van der Waals surface area contributed by atoms with Crippen LogP contribution in [-0.4, -0.2) is 73.9 Å². The van der Waals surface area contributed by atoms with E-state index in [1.165, 1.54) is 0 Å². The average Bonchev–Trinajstić information content (AvgIpc) is 2.70. The molecule has 0 aliphatic heterocycles. The summed E-state index contributed by atoms with van der Waals surface area (Å²) in [7, 11) is -3.99. The SMILES string of the molecule is FC(F)(F)C(F)(F)C(F)(F)CCOP(OCCC(F)(F)C(F)(F)C(F)(F)F)OCCC(F)(F)C(F)(F)C(F)(F)F. The molecule has 0 aliphatic carbocycles. The summed E-state index contributed by atoms with van der Waals surface area (Å²) >= 11 is 0. The van der Waals surface area contributed by atoms with Gasteiger partial charge in [-0.3, -0.25) is 0 Å². The van der Waals surface area contributed by atoms with Gasteiger partial charge in [-0.15, -0.1) is 0 Å². The Morgan fingerprint density at radius 2 is 0.500 bits per heavy atom. The summed E-state index contributed by atoms with van der Waals surface area (Å²) in [6.45, 7) is -6.35. The lowest BCUT2D eigenvalue weighted by Crippen LogP contribution is -2.52. The van der Waals surface area contributed by atoms with Crippen LogP contribution in [0.15, 0.2) is 0 Å².